The topological polar surface area (TPSA) is 95.0 Å². The molecule has 0 saturated carbocycles. The van der Waals surface area contributed by atoms with Gasteiger partial charge < -0.3 is 24.7 Å². The van der Waals surface area contributed by atoms with Gasteiger partial charge in [0.1, 0.15) is 22.8 Å². The van der Waals surface area contributed by atoms with Crippen LogP contribution >= 0.6 is 0 Å². The highest BCUT2D eigenvalue weighted by Gasteiger charge is 2.19. The van der Waals surface area contributed by atoms with Crippen LogP contribution in [0.4, 0.5) is 15.9 Å². The molecule has 10 heteroatoms. The number of aromatic amines is 1. The smallest absolute Gasteiger partial charge is 0.257 e. The van der Waals surface area contributed by atoms with Crippen LogP contribution in [0.5, 0.6) is 0 Å². The van der Waals surface area contributed by atoms with Gasteiger partial charge in [-0.25, -0.2) is 19.3 Å². The summed E-state index contributed by atoms with van der Waals surface area (Å²) < 4.78 is 17.2. The van der Waals surface area contributed by atoms with Gasteiger partial charge in [-0.15, -0.1) is 0 Å². The molecule has 1 saturated heterocycles. The number of piperazine rings is 1. The van der Waals surface area contributed by atoms with Crippen molar-refractivity contribution in [2.75, 3.05) is 43.4 Å². The monoisotopic (exact) mass is 526 g/mol. The number of hydrogen-bond donors (Lipinski definition) is 2. The quantitative estimate of drug-likeness (QED) is 0.334. The summed E-state index contributed by atoms with van der Waals surface area (Å²) >= 11 is 0. The number of hydrogen-bond acceptors (Lipinski definition) is 6. The summed E-state index contributed by atoms with van der Waals surface area (Å²) in [5.74, 6) is 0.996. The molecule has 0 aliphatic carbocycles. The van der Waals surface area contributed by atoms with Crippen LogP contribution in [0.1, 0.15) is 36.1 Å². The maximum atomic E-state index is 15.1. The third-order valence-electron chi connectivity index (χ3n) is 7.38. The van der Waals surface area contributed by atoms with Crippen LogP contribution in [0, 0.1) is 12.7 Å². The van der Waals surface area contributed by atoms with E-state index in [0.717, 1.165) is 54.3 Å². The molecule has 5 heterocycles. The van der Waals surface area contributed by atoms with E-state index in [2.05, 4.69) is 55.9 Å². The first-order valence-electron chi connectivity index (χ1n) is 13.1. The fourth-order valence-corrected chi connectivity index (χ4v) is 5.33. The fourth-order valence-electron chi connectivity index (χ4n) is 5.33. The van der Waals surface area contributed by atoms with E-state index in [0.29, 0.717) is 28.0 Å². The Morgan fingerprint density at radius 2 is 1.87 bits per heavy atom. The molecule has 9 nitrogen and oxygen atoms in total. The molecular weight excluding hydrogens is 495 g/mol. The largest absolute Gasteiger partial charge is 0.354 e. The number of amides is 1. The Balaban J connectivity index is 1.28. The van der Waals surface area contributed by atoms with E-state index in [9.17, 15) is 4.79 Å². The summed E-state index contributed by atoms with van der Waals surface area (Å²) in [6.45, 7) is 9.83. The summed E-state index contributed by atoms with van der Waals surface area (Å²) in [6, 6.07) is 9.15. The number of imidazole rings is 1. The van der Waals surface area contributed by atoms with Crippen molar-refractivity contribution in [2.24, 2.45) is 0 Å². The third-order valence-corrected chi connectivity index (χ3v) is 7.38. The van der Waals surface area contributed by atoms with Gasteiger partial charge >= 0.3 is 0 Å². The van der Waals surface area contributed by atoms with Crippen LogP contribution in [-0.2, 0) is 0 Å². The molecule has 6 rings (SSSR count). The van der Waals surface area contributed by atoms with E-state index < -0.39 is 0 Å². The molecule has 5 aromatic rings. The Morgan fingerprint density at radius 3 is 2.59 bits per heavy atom. The molecule has 200 valence electrons. The lowest BCUT2D eigenvalue weighted by Crippen LogP contribution is -2.44. The Kier molecular flexibility index (Phi) is 6.26. The van der Waals surface area contributed by atoms with Gasteiger partial charge in [-0.05, 0) is 63.7 Å². The molecule has 1 fully saturated rings. The molecule has 0 unspecified atom stereocenters. The zero-order valence-electron chi connectivity index (χ0n) is 22.5. The number of nitrogens with one attached hydrogen (secondary N) is 2. The summed E-state index contributed by atoms with van der Waals surface area (Å²) in [5, 5.41) is 3.65. The fraction of sp³-hybridized carbons (Fsp3) is 0.310. The van der Waals surface area contributed by atoms with Gasteiger partial charge in [-0.1, -0.05) is 0 Å². The van der Waals surface area contributed by atoms with Crippen molar-refractivity contribution >= 4 is 39.5 Å². The standard InChI is InChI=1S/C29H31FN8O/c1-17(2)38-18(3)34-27-24(30)12-19(13-25(27)38)23-16-33-28-22(23)11-20(14-32-28)29(39)35-21-5-6-26(31-15-21)37-9-7-36(4)8-10-37/h5-6,11-17H,7-10H2,1-4H3,(H,32,33)(H,35,39). The van der Waals surface area contributed by atoms with Crippen molar-refractivity contribution in [3.05, 3.63) is 66.1 Å². The molecule has 0 radical (unpaired) electrons. The average molecular weight is 527 g/mol. The number of carbonyl (C=O) groups excluding carboxylic acids is 1. The number of anilines is 2. The van der Waals surface area contributed by atoms with Crippen LogP contribution in [0.25, 0.3) is 33.2 Å². The van der Waals surface area contributed by atoms with E-state index in [1.165, 1.54) is 12.3 Å². The van der Waals surface area contributed by atoms with Crippen LogP contribution in [0.2, 0.25) is 0 Å². The Bertz CT molecular complexity index is 1680. The number of pyridine rings is 2. The number of aromatic nitrogens is 5. The number of nitrogens with zero attached hydrogens (tertiary/aromatic N) is 6. The molecular formula is C29H31FN8O. The predicted molar refractivity (Wildman–Crippen MR) is 152 cm³/mol. The van der Waals surface area contributed by atoms with E-state index in [1.807, 2.05) is 29.7 Å². The second-order valence-electron chi connectivity index (χ2n) is 10.4. The van der Waals surface area contributed by atoms with Gasteiger partial charge in [0.2, 0.25) is 0 Å². The summed E-state index contributed by atoms with van der Waals surface area (Å²) in [4.78, 5) is 34.2. The van der Waals surface area contributed by atoms with E-state index >= 15 is 4.39 Å². The van der Waals surface area contributed by atoms with Gasteiger partial charge in [-0.3, -0.25) is 4.79 Å². The lowest BCUT2D eigenvalue weighted by molar-refractivity contribution is 0.102. The van der Waals surface area contributed by atoms with E-state index in [-0.39, 0.29) is 17.8 Å². The maximum Gasteiger partial charge on any atom is 0.257 e. The summed E-state index contributed by atoms with van der Waals surface area (Å²) in [6.07, 6.45) is 5.01. The minimum absolute atomic E-state index is 0.134. The van der Waals surface area contributed by atoms with Crippen molar-refractivity contribution in [1.29, 1.82) is 0 Å². The van der Waals surface area contributed by atoms with E-state index in [1.54, 1.807) is 18.5 Å². The molecule has 0 bridgehead atoms. The van der Waals surface area contributed by atoms with Crippen LogP contribution in [-0.4, -0.2) is 68.5 Å². The van der Waals surface area contributed by atoms with Crippen molar-refractivity contribution < 1.29 is 9.18 Å². The molecule has 0 atom stereocenters. The van der Waals surface area contributed by atoms with Gasteiger partial charge in [0.05, 0.1) is 23.0 Å². The number of rotatable bonds is 5. The van der Waals surface area contributed by atoms with E-state index in [4.69, 9.17) is 0 Å². The van der Waals surface area contributed by atoms with Gasteiger partial charge in [0, 0.05) is 55.6 Å². The number of fused-ring (bicyclic) bond motifs is 2. The Hall–Kier alpha value is -4.31. The normalized spacial score (nSPS) is 14.6. The second-order valence-corrected chi connectivity index (χ2v) is 10.4. The van der Waals surface area contributed by atoms with Crippen LogP contribution < -0.4 is 10.2 Å². The molecule has 1 aromatic carbocycles. The first kappa shape index (κ1) is 25.0. The predicted octanol–water partition coefficient (Wildman–Crippen LogP) is 5.01. The third kappa shape index (κ3) is 4.61. The number of halogens is 1. The highest BCUT2D eigenvalue weighted by atomic mass is 19.1. The number of aryl methyl sites for hydroxylation is 1. The van der Waals surface area contributed by atoms with Gasteiger partial charge in [-0.2, -0.15) is 0 Å². The first-order chi connectivity index (χ1) is 18.8. The lowest BCUT2D eigenvalue weighted by atomic mass is 10.0. The number of likely N-dealkylation sites (N-methyl/N-ethyl adjacent to an activating group) is 1. The molecule has 39 heavy (non-hydrogen) atoms. The minimum atomic E-state index is -0.381. The van der Waals surface area contributed by atoms with Crippen molar-refractivity contribution in [3.8, 4) is 11.1 Å². The highest BCUT2D eigenvalue weighted by Crippen LogP contribution is 2.33. The van der Waals surface area contributed by atoms with Crippen LogP contribution in [0.3, 0.4) is 0 Å². The zero-order valence-corrected chi connectivity index (χ0v) is 22.5. The maximum absolute atomic E-state index is 15.1. The molecule has 1 aliphatic rings. The van der Waals surface area contributed by atoms with Crippen molar-refractivity contribution in [2.45, 2.75) is 26.8 Å². The molecule has 4 aromatic heterocycles. The zero-order chi connectivity index (χ0) is 27.3. The molecule has 0 spiro atoms. The number of benzene rings is 1. The average Bonchev–Trinajstić information content (AvgIpc) is 3.50. The Labute approximate surface area is 225 Å². The lowest BCUT2D eigenvalue weighted by Gasteiger charge is -2.33. The van der Waals surface area contributed by atoms with Crippen molar-refractivity contribution in [3.63, 3.8) is 0 Å². The molecule has 1 amide bonds. The van der Waals surface area contributed by atoms with Crippen molar-refractivity contribution in [1.82, 2.24) is 29.4 Å². The SMILES string of the molecule is Cc1nc2c(F)cc(-c3c[nH]c4ncc(C(=O)Nc5ccc(N6CCN(C)CC6)nc5)cc34)cc2n1C(C)C. The minimum Gasteiger partial charge on any atom is -0.354 e. The Morgan fingerprint density at radius 1 is 1.08 bits per heavy atom. The molecule has 1 aliphatic heterocycles. The highest BCUT2D eigenvalue weighted by molar-refractivity contribution is 6.07. The number of H-pyrrole nitrogens is 1. The second kappa shape index (κ2) is 9.77. The number of carbonyl (C=O) groups is 1. The summed E-state index contributed by atoms with van der Waals surface area (Å²) in [7, 11) is 2.12. The van der Waals surface area contributed by atoms with Crippen LogP contribution in [0.15, 0.2) is 48.9 Å². The molecule has 2 N–H and O–H groups in total. The van der Waals surface area contributed by atoms with Gasteiger partial charge in [0.15, 0.2) is 5.82 Å². The summed E-state index contributed by atoms with van der Waals surface area (Å²) in [5.41, 5.74) is 4.18. The first-order valence-corrected chi connectivity index (χ1v) is 13.1. The van der Waals surface area contributed by atoms with Gasteiger partial charge in [0.25, 0.3) is 5.91 Å².